The van der Waals surface area contributed by atoms with Crippen LogP contribution >= 0.6 is 0 Å². The molecule has 0 unspecified atom stereocenters. The Morgan fingerprint density at radius 3 is 2.75 bits per heavy atom. The summed E-state index contributed by atoms with van der Waals surface area (Å²) in [5.41, 5.74) is 1.57. The summed E-state index contributed by atoms with van der Waals surface area (Å²) in [4.78, 5) is 40.3. The standard InChI is InChI=1S/C16H18N4O4/c1-16(2,3)14-19-10-6-9(4-5-11(10)24-14)18-12(21)8-20-13(22)7-17-15(20)23/h4-6H,7-8H2,1-3H3,(H,17,23)(H,18,21). The van der Waals surface area contributed by atoms with Crippen molar-refractivity contribution in [3.05, 3.63) is 24.1 Å². The van der Waals surface area contributed by atoms with Gasteiger partial charge in [0.15, 0.2) is 5.58 Å². The molecule has 1 aromatic heterocycles. The maximum Gasteiger partial charge on any atom is 0.325 e. The molecule has 1 aliphatic heterocycles. The van der Waals surface area contributed by atoms with Crippen LogP contribution in [0.1, 0.15) is 26.7 Å². The number of imide groups is 1. The van der Waals surface area contributed by atoms with E-state index in [1.54, 1.807) is 18.2 Å². The minimum Gasteiger partial charge on any atom is -0.440 e. The number of benzene rings is 1. The molecule has 0 atom stereocenters. The molecule has 126 valence electrons. The zero-order valence-corrected chi connectivity index (χ0v) is 13.7. The highest BCUT2D eigenvalue weighted by atomic mass is 16.3. The van der Waals surface area contributed by atoms with Gasteiger partial charge in [0, 0.05) is 11.1 Å². The van der Waals surface area contributed by atoms with Gasteiger partial charge in [0.25, 0.3) is 5.91 Å². The van der Waals surface area contributed by atoms with E-state index in [2.05, 4.69) is 15.6 Å². The van der Waals surface area contributed by atoms with Crippen LogP contribution in [0, 0.1) is 0 Å². The summed E-state index contributed by atoms with van der Waals surface area (Å²) >= 11 is 0. The van der Waals surface area contributed by atoms with Crippen molar-refractivity contribution in [2.24, 2.45) is 0 Å². The van der Waals surface area contributed by atoms with E-state index in [-0.39, 0.29) is 18.5 Å². The Morgan fingerprint density at radius 2 is 2.12 bits per heavy atom. The Bertz CT molecular complexity index is 818. The van der Waals surface area contributed by atoms with E-state index < -0.39 is 17.8 Å². The number of hydrogen-bond donors (Lipinski definition) is 2. The third-order valence-electron chi connectivity index (χ3n) is 3.55. The lowest BCUT2D eigenvalue weighted by Crippen LogP contribution is -2.38. The van der Waals surface area contributed by atoms with Crippen molar-refractivity contribution in [2.75, 3.05) is 18.4 Å². The highest BCUT2D eigenvalue weighted by Gasteiger charge is 2.30. The summed E-state index contributed by atoms with van der Waals surface area (Å²) in [5, 5.41) is 5.02. The first-order valence-corrected chi connectivity index (χ1v) is 7.53. The summed E-state index contributed by atoms with van der Waals surface area (Å²) < 4.78 is 5.70. The number of amides is 4. The summed E-state index contributed by atoms with van der Waals surface area (Å²) in [6, 6.07) is 4.54. The van der Waals surface area contributed by atoms with E-state index in [9.17, 15) is 14.4 Å². The second-order valence-corrected chi connectivity index (χ2v) is 6.64. The third kappa shape index (κ3) is 3.08. The molecule has 8 heteroatoms. The molecule has 8 nitrogen and oxygen atoms in total. The van der Waals surface area contributed by atoms with Gasteiger partial charge in [0.1, 0.15) is 12.1 Å². The lowest BCUT2D eigenvalue weighted by atomic mass is 9.97. The average molecular weight is 330 g/mol. The molecule has 1 aliphatic rings. The van der Waals surface area contributed by atoms with Gasteiger partial charge in [-0.25, -0.2) is 9.78 Å². The van der Waals surface area contributed by atoms with Crippen LogP contribution in [0.4, 0.5) is 10.5 Å². The van der Waals surface area contributed by atoms with Crippen molar-refractivity contribution in [2.45, 2.75) is 26.2 Å². The lowest BCUT2D eigenvalue weighted by Gasteiger charge is -2.12. The van der Waals surface area contributed by atoms with Crippen LogP contribution < -0.4 is 10.6 Å². The molecule has 0 spiro atoms. The summed E-state index contributed by atoms with van der Waals surface area (Å²) in [6.45, 7) is 5.59. The topological polar surface area (TPSA) is 105 Å². The van der Waals surface area contributed by atoms with Gasteiger partial charge in [-0.3, -0.25) is 14.5 Å². The highest BCUT2D eigenvalue weighted by molar-refractivity contribution is 6.06. The minimum absolute atomic E-state index is 0.0768. The van der Waals surface area contributed by atoms with Crippen LogP contribution in [0.3, 0.4) is 0 Å². The number of fused-ring (bicyclic) bond motifs is 1. The predicted octanol–water partition coefficient (Wildman–Crippen LogP) is 1.62. The fraction of sp³-hybridized carbons (Fsp3) is 0.375. The largest absolute Gasteiger partial charge is 0.440 e. The molecule has 2 heterocycles. The Labute approximate surface area is 138 Å². The maximum atomic E-state index is 12.0. The van der Waals surface area contributed by atoms with E-state index >= 15 is 0 Å². The normalized spacial score (nSPS) is 15.0. The molecule has 24 heavy (non-hydrogen) atoms. The van der Waals surface area contributed by atoms with E-state index in [1.807, 2.05) is 20.8 Å². The highest BCUT2D eigenvalue weighted by Crippen LogP contribution is 2.27. The fourth-order valence-electron chi connectivity index (χ4n) is 2.29. The first kappa shape index (κ1) is 16.0. The van der Waals surface area contributed by atoms with Crippen molar-refractivity contribution in [1.29, 1.82) is 0 Å². The van der Waals surface area contributed by atoms with Crippen LogP contribution in [0.25, 0.3) is 11.1 Å². The van der Waals surface area contributed by atoms with Gasteiger partial charge in [0.2, 0.25) is 11.8 Å². The lowest BCUT2D eigenvalue weighted by molar-refractivity contribution is -0.128. The van der Waals surface area contributed by atoms with E-state index in [4.69, 9.17) is 4.42 Å². The molecule has 1 fully saturated rings. The van der Waals surface area contributed by atoms with Gasteiger partial charge in [-0.05, 0) is 18.2 Å². The monoisotopic (exact) mass is 330 g/mol. The fourth-order valence-corrected chi connectivity index (χ4v) is 2.29. The molecular weight excluding hydrogens is 312 g/mol. The van der Waals surface area contributed by atoms with Gasteiger partial charge >= 0.3 is 6.03 Å². The Balaban J connectivity index is 1.74. The van der Waals surface area contributed by atoms with Crippen molar-refractivity contribution in [3.8, 4) is 0 Å². The van der Waals surface area contributed by atoms with E-state index in [0.717, 1.165) is 4.90 Å². The molecule has 0 bridgehead atoms. The average Bonchev–Trinajstić information content (AvgIpc) is 3.05. The number of nitrogens with zero attached hydrogens (tertiary/aromatic N) is 2. The molecule has 2 N–H and O–H groups in total. The number of anilines is 1. The van der Waals surface area contributed by atoms with Gasteiger partial charge in [-0.2, -0.15) is 0 Å². The quantitative estimate of drug-likeness (QED) is 0.832. The number of carbonyl (C=O) groups excluding carboxylic acids is 3. The van der Waals surface area contributed by atoms with Crippen LogP contribution in [0.2, 0.25) is 0 Å². The zero-order chi connectivity index (χ0) is 17.5. The number of aromatic nitrogens is 1. The molecule has 0 saturated carbocycles. The SMILES string of the molecule is CC(C)(C)c1nc2cc(NC(=O)CN3C(=O)CNC3=O)ccc2o1. The maximum absolute atomic E-state index is 12.0. The second-order valence-electron chi connectivity index (χ2n) is 6.64. The molecule has 4 amide bonds. The summed E-state index contributed by atoms with van der Waals surface area (Å²) in [7, 11) is 0. The van der Waals surface area contributed by atoms with E-state index in [0.29, 0.717) is 22.7 Å². The Morgan fingerprint density at radius 1 is 1.38 bits per heavy atom. The summed E-state index contributed by atoms with van der Waals surface area (Å²) in [6.07, 6.45) is 0. The molecule has 1 aromatic carbocycles. The predicted molar refractivity (Wildman–Crippen MR) is 86.5 cm³/mol. The molecule has 0 aliphatic carbocycles. The number of rotatable bonds is 3. The smallest absolute Gasteiger partial charge is 0.325 e. The van der Waals surface area contributed by atoms with Crippen LogP contribution in [0.15, 0.2) is 22.6 Å². The first-order chi connectivity index (χ1) is 11.2. The number of urea groups is 1. The molecule has 2 aromatic rings. The number of hydrogen-bond acceptors (Lipinski definition) is 5. The number of oxazole rings is 1. The molecule has 3 rings (SSSR count). The number of nitrogens with one attached hydrogen (secondary N) is 2. The first-order valence-electron chi connectivity index (χ1n) is 7.53. The van der Waals surface area contributed by atoms with Gasteiger partial charge < -0.3 is 15.1 Å². The molecule has 1 saturated heterocycles. The van der Waals surface area contributed by atoms with Crippen molar-refractivity contribution in [3.63, 3.8) is 0 Å². The molecular formula is C16H18N4O4. The van der Waals surface area contributed by atoms with Crippen LogP contribution in [-0.2, 0) is 15.0 Å². The van der Waals surface area contributed by atoms with Gasteiger partial charge in [0.05, 0.1) is 6.54 Å². The van der Waals surface area contributed by atoms with E-state index in [1.165, 1.54) is 0 Å². The van der Waals surface area contributed by atoms with Crippen LogP contribution in [0.5, 0.6) is 0 Å². The second kappa shape index (κ2) is 5.63. The Hall–Kier alpha value is -2.90. The zero-order valence-electron chi connectivity index (χ0n) is 13.7. The van der Waals surface area contributed by atoms with Crippen molar-refractivity contribution >= 4 is 34.6 Å². The third-order valence-corrected chi connectivity index (χ3v) is 3.55. The minimum atomic E-state index is -0.558. The number of carbonyl (C=O) groups is 3. The van der Waals surface area contributed by atoms with Gasteiger partial charge in [-0.15, -0.1) is 0 Å². The van der Waals surface area contributed by atoms with Crippen LogP contribution in [-0.4, -0.2) is 40.8 Å². The Kier molecular flexibility index (Phi) is 3.75. The van der Waals surface area contributed by atoms with Gasteiger partial charge in [-0.1, -0.05) is 20.8 Å². The molecule has 0 radical (unpaired) electrons. The van der Waals surface area contributed by atoms with Crippen molar-refractivity contribution in [1.82, 2.24) is 15.2 Å². The summed E-state index contributed by atoms with van der Waals surface area (Å²) in [5.74, 6) is -0.267. The van der Waals surface area contributed by atoms with Crippen molar-refractivity contribution < 1.29 is 18.8 Å².